The molecule has 0 aromatic heterocycles. The zero-order chi connectivity index (χ0) is 17.9. The number of nitrogens with zero attached hydrogens (tertiary/aromatic N) is 2. The molecule has 1 aromatic carbocycles. The van der Waals surface area contributed by atoms with Gasteiger partial charge in [0.15, 0.2) is 0 Å². The summed E-state index contributed by atoms with van der Waals surface area (Å²) in [6.45, 7) is 4.76. The van der Waals surface area contributed by atoms with E-state index in [0.29, 0.717) is 0 Å². The SMILES string of the molecule is CC(C)(C)[C@H](NC(=O)c1cc([N+](=O)[O-])cc([N+](=O)[O-])c1)C(=O)O. The van der Waals surface area contributed by atoms with Crippen LogP contribution in [0.15, 0.2) is 18.2 Å². The molecule has 0 heterocycles. The van der Waals surface area contributed by atoms with Gasteiger partial charge in [0.25, 0.3) is 17.3 Å². The van der Waals surface area contributed by atoms with Crippen molar-refractivity contribution in [2.45, 2.75) is 26.8 Å². The minimum Gasteiger partial charge on any atom is -0.480 e. The molecular formula is C13H15N3O7. The summed E-state index contributed by atoms with van der Waals surface area (Å²) in [4.78, 5) is 43.2. The maximum atomic E-state index is 12.1. The van der Waals surface area contributed by atoms with Gasteiger partial charge in [-0.1, -0.05) is 20.8 Å². The largest absolute Gasteiger partial charge is 0.480 e. The Labute approximate surface area is 130 Å². The zero-order valence-corrected chi connectivity index (χ0v) is 12.6. The summed E-state index contributed by atoms with van der Waals surface area (Å²) in [5.74, 6) is -2.23. The fourth-order valence-corrected chi connectivity index (χ4v) is 1.80. The summed E-state index contributed by atoms with van der Waals surface area (Å²) in [7, 11) is 0. The summed E-state index contributed by atoms with van der Waals surface area (Å²) in [6.07, 6.45) is 0. The number of non-ortho nitro benzene ring substituents is 2. The summed E-state index contributed by atoms with van der Waals surface area (Å²) < 4.78 is 0. The number of rotatable bonds is 5. The number of hydrogen-bond donors (Lipinski definition) is 2. The van der Waals surface area contributed by atoms with Gasteiger partial charge in [-0.05, 0) is 5.41 Å². The molecule has 10 nitrogen and oxygen atoms in total. The Kier molecular flexibility index (Phi) is 5.00. The highest BCUT2D eigenvalue weighted by Gasteiger charge is 2.33. The van der Waals surface area contributed by atoms with Gasteiger partial charge in [-0.15, -0.1) is 0 Å². The third-order valence-electron chi connectivity index (χ3n) is 2.97. The highest BCUT2D eigenvalue weighted by Crippen LogP contribution is 2.24. The second-order valence-corrected chi connectivity index (χ2v) is 5.86. The van der Waals surface area contributed by atoms with Gasteiger partial charge < -0.3 is 10.4 Å². The van der Waals surface area contributed by atoms with Crippen molar-refractivity contribution >= 4 is 23.3 Å². The van der Waals surface area contributed by atoms with E-state index in [0.717, 1.165) is 18.2 Å². The van der Waals surface area contributed by atoms with E-state index in [-0.39, 0.29) is 5.56 Å². The second kappa shape index (κ2) is 6.38. The number of carboxylic acids is 1. The van der Waals surface area contributed by atoms with E-state index in [2.05, 4.69) is 5.32 Å². The minimum absolute atomic E-state index is 0.360. The number of nitro benzene ring substituents is 2. The van der Waals surface area contributed by atoms with Crippen LogP contribution in [0.2, 0.25) is 0 Å². The molecule has 0 aliphatic carbocycles. The Morgan fingerprint density at radius 2 is 1.52 bits per heavy atom. The second-order valence-electron chi connectivity index (χ2n) is 5.86. The van der Waals surface area contributed by atoms with E-state index in [4.69, 9.17) is 5.11 Å². The fourth-order valence-electron chi connectivity index (χ4n) is 1.80. The van der Waals surface area contributed by atoms with Gasteiger partial charge in [0, 0.05) is 12.1 Å². The number of aliphatic carboxylic acids is 1. The highest BCUT2D eigenvalue weighted by atomic mass is 16.6. The van der Waals surface area contributed by atoms with Crippen molar-refractivity contribution in [1.29, 1.82) is 0 Å². The first kappa shape index (κ1) is 18.0. The van der Waals surface area contributed by atoms with Gasteiger partial charge in [-0.25, -0.2) is 4.79 Å². The Hall–Kier alpha value is -3.04. The molecule has 0 fully saturated rings. The van der Waals surface area contributed by atoms with E-state index < -0.39 is 44.6 Å². The van der Waals surface area contributed by atoms with Crippen LogP contribution in [0.25, 0.3) is 0 Å². The van der Waals surface area contributed by atoms with Crippen molar-refractivity contribution in [3.63, 3.8) is 0 Å². The molecule has 1 amide bonds. The molecule has 0 unspecified atom stereocenters. The van der Waals surface area contributed by atoms with E-state index in [1.807, 2.05) is 0 Å². The molecule has 1 aromatic rings. The van der Waals surface area contributed by atoms with Crippen LogP contribution in [0, 0.1) is 25.6 Å². The van der Waals surface area contributed by atoms with Gasteiger partial charge in [0.05, 0.1) is 21.5 Å². The normalized spacial score (nSPS) is 12.3. The van der Waals surface area contributed by atoms with Gasteiger partial charge in [-0.3, -0.25) is 25.0 Å². The molecule has 1 rings (SSSR count). The molecule has 23 heavy (non-hydrogen) atoms. The summed E-state index contributed by atoms with van der Waals surface area (Å²) in [5, 5.41) is 33.0. The molecule has 0 radical (unpaired) electrons. The van der Waals surface area contributed by atoms with Crippen LogP contribution in [0.5, 0.6) is 0 Å². The molecule has 0 aliphatic heterocycles. The first-order valence-corrected chi connectivity index (χ1v) is 6.41. The topological polar surface area (TPSA) is 153 Å². The van der Waals surface area contributed by atoms with Crippen molar-refractivity contribution in [2.75, 3.05) is 0 Å². The van der Waals surface area contributed by atoms with Crippen LogP contribution in [-0.2, 0) is 4.79 Å². The first-order valence-electron chi connectivity index (χ1n) is 6.41. The number of carbonyl (C=O) groups excluding carboxylic acids is 1. The molecule has 124 valence electrons. The number of carbonyl (C=O) groups is 2. The molecule has 2 N–H and O–H groups in total. The summed E-state index contributed by atoms with van der Waals surface area (Å²) in [5.41, 5.74) is -2.45. The lowest BCUT2D eigenvalue weighted by molar-refractivity contribution is -0.394. The third-order valence-corrected chi connectivity index (χ3v) is 2.97. The van der Waals surface area contributed by atoms with Gasteiger partial charge in [0.1, 0.15) is 6.04 Å². The van der Waals surface area contributed by atoms with Crippen LogP contribution in [0.4, 0.5) is 11.4 Å². The van der Waals surface area contributed by atoms with Crippen LogP contribution in [-0.4, -0.2) is 32.9 Å². The smallest absolute Gasteiger partial charge is 0.326 e. The number of hydrogen-bond acceptors (Lipinski definition) is 6. The minimum atomic E-state index is -1.29. The van der Waals surface area contributed by atoms with Gasteiger partial charge in [0.2, 0.25) is 0 Å². The Bertz CT molecular complexity index is 646. The lowest BCUT2D eigenvalue weighted by Crippen LogP contribution is -2.49. The molecule has 0 aliphatic rings. The maximum absolute atomic E-state index is 12.1. The molecule has 0 saturated carbocycles. The predicted molar refractivity (Wildman–Crippen MR) is 78.1 cm³/mol. The quantitative estimate of drug-likeness (QED) is 0.617. The number of carboxylic acid groups (broad SMARTS) is 1. The van der Waals surface area contributed by atoms with E-state index in [9.17, 15) is 29.8 Å². The van der Waals surface area contributed by atoms with Crippen molar-refractivity contribution in [3.05, 3.63) is 44.0 Å². The number of benzene rings is 1. The number of nitrogens with one attached hydrogen (secondary N) is 1. The molecule has 10 heteroatoms. The van der Waals surface area contributed by atoms with Crippen molar-refractivity contribution in [2.24, 2.45) is 5.41 Å². The third kappa shape index (κ3) is 4.46. The van der Waals surface area contributed by atoms with Crippen molar-refractivity contribution in [1.82, 2.24) is 5.32 Å². The van der Waals surface area contributed by atoms with Crippen molar-refractivity contribution < 1.29 is 24.5 Å². The van der Waals surface area contributed by atoms with E-state index in [1.54, 1.807) is 20.8 Å². The molecule has 0 bridgehead atoms. The average molecular weight is 325 g/mol. The Balaban J connectivity index is 3.24. The summed E-state index contributed by atoms with van der Waals surface area (Å²) >= 11 is 0. The monoisotopic (exact) mass is 325 g/mol. The zero-order valence-electron chi connectivity index (χ0n) is 12.6. The summed E-state index contributed by atoms with van der Waals surface area (Å²) in [6, 6.07) is 1.15. The highest BCUT2D eigenvalue weighted by molar-refractivity contribution is 5.97. The predicted octanol–water partition coefficient (Wildman–Crippen LogP) is 1.73. The lowest BCUT2D eigenvalue weighted by atomic mass is 9.86. The van der Waals surface area contributed by atoms with Crippen LogP contribution in [0.3, 0.4) is 0 Å². The van der Waals surface area contributed by atoms with Gasteiger partial charge in [-0.2, -0.15) is 0 Å². The Morgan fingerprint density at radius 1 is 1.09 bits per heavy atom. The number of amides is 1. The standard InChI is InChI=1S/C13H15N3O7/c1-13(2,3)10(12(18)19)14-11(17)7-4-8(15(20)21)6-9(5-7)16(22)23/h4-6,10H,1-3H3,(H,14,17)(H,18,19)/t10-/m1/s1. The molecule has 0 saturated heterocycles. The van der Waals surface area contributed by atoms with E-state index in [1.165, 1.54) is 0 Å². The first-order chi connectivity index (χ1) is 10.4. The van der Waals surface area contributed by atoms with Crippen LogP contribution < -0.4 is 5.32 Å². The van der Waals surface area contributed by atoms with Crippen molar-refractivity contribution in [3.8, 4) is 0 Å². The molecule has 0 spiro atoms. The maximum Gasteiger partial charge on any atom is 0.326 e. The van der Waals surface area contributed by atoms with Crippen LogP contribution in [0.1, 0.15) is 31.1 Å². The molecule has 1 atom stereocenters. The van der Waals surface area contributed by atoms with Crippen LogP contribution >= 0.6 is 0 Å². The fraction of sp³-hybridized carbons (Fsp3) is 0.385. The van der Waals surface area contributed by atoms with E-state index >= 15 is 0 Å². The Morgan fingerprint density at radius 3 is 1.83 bits per heavy atom. The number of nitro groups is 2. The molecular weight excluding hydrogens is 310 g/mol. The van der Waals surface area contributed by atoms with Gasteiger partial charge >= 0.3 is 5.97 Å². The average Bonchev–Trinajstić information content (AvgIpc) is 2.42. The lowest BCUT2D eigenvalue weighted by Gasteiger charge is -2.27.